The molecule has 1 rings (SSSR count). The van der Waals surface area contributed by atoms with E-state index in [1.165, 1.54) is 0 Å². The van der Waals surface area contributed by atoms with E-state index < -0.39 is 0 Å². The third-order valence-electron chi connectivity index (χ3n) is 2.48. The SMILES string of the molecule is CCNc1nc(CC)nc(NCCCO)c1C. The van der Waals surface area contributed by atoms with Crippen LogP contribution >= 0.6 is 0 Å². The molecule has 0 saturated carbocycles. The van der Waals surface area contributed by atoms with Crippen LogP contribution in [0.5, 0.6) is 0 Å². The van der Waals surface area contributed by atoms with Crippen LogP contribution in [0.4, 0.5) is 11.6 Å². The molecule has 0 unspecified atom stereocenters. The Morgan fingerprint density at radius 2 is 1.76 bits per heavy atom. The highest BCUT2D eigenvalue weighted by Crippen LogP contribution is 2.19. The summed E-state index contributed by atoms with van der Waals surface area (Å²) in [5.41, 5.74) is 1.03. The molecule has 1 aromatic heterocycles. The molecule has 0 aliphatic rings. The number of aromatic nitrogens is 2. The highest BCUT2D eigenvalue weighted by atomic mass is 16.3. The topological polar surface area (TPSA) is 70.1 Å². The first kappa shape index (κ1) is 13.7. The van der Waals surface area contributed by atoms with Crippen molar-refractivity contribution in [1.82, 2.24) is 9.97 Å². The third kappa shape index (κ3) is 3.85. The van der Waals surface area contributed by atoms with Crippen molar-refractivity contribution in [3.8, 4) is 0 Å². The summed E-state index contributed by atoms with van der Waals surface area (Å²) >= 11 is 0. The summed E-state index contributed by atoms with van der Waals surface area (Å²) in [6, 6.07) is 0. The van der Waals surface area contributed by atoms with Crippen molar-refractivity contribution in [2.75, 3.05) is 30.3 Å². The molecule has 1 aromatic rings. The predicted molar refractivity (Wildman–Crippen MR) is 70.5 cm³/mol. The third-order valence-corrected chi connectivity index (χ3v) is 2.48. The van der Waals surface area contributed by atoms with Gasteiger partial charge in [0.2, 0.25) is 0 Å². The molecule has 5 heteroatoms. The number of aryl methyl sites for hydroxylation is 1. The van der Waals surface area contributed by atoms with E-state index >= 15 is 0 Å². The number of aliphatic hydroxyl groups is 1. The van der Waals surface area contributed by atoms with Gasteiger partial charge in [0.05, 0.1) is 0 Å². The molecule has 0 aliphatic heterocycles. The molecule has 96 valence electrons. The fourth-order valence-corrected chi connectivity index (χ4v) is 1.52. The second-order valence-corrected chi connectivity index (χ2v) is 3.85. The van der Waals surface area contributed by atoms with Gasteiger partial charge in [-0.1, -0.05) is 6.92 Å². The largest absolute Gasteiger partial charge is 0.396 e. The molecule has 0 aromatic carbocycles. The highest BCUT2D eigenvalue weighted by molar-refractivity contribution is 5.57. The molecule has 0 spiro atoms. The molecule has 0 radical (unpaired) electrons. The quantitative estimate of drug-likeness (QED) is 0.629. The normalized spacial score (nSPS) is 10.4. The monoisotopic (exact) mass is 238 g/mol. The van der Waals surface area contributed by atoms with Crippen LogP contribution in [0.1, 0.15) is 31.7 Å². The Labute approximate surface area is 103 Å². The number of aliphatic hydroxyl groups excluding tert-OH is 1. The first-order chi connectivity index (χ1) is 8.22. The van der Waals surface area contributed by atoms with Gasteiger partial charge < -0.3 is 15.7 Å². The Bertz CT molecular complexity index is 355. The van der Waals surface area contributed by atoms with Gasteiger partial charge in [0, 0.05) is 31.7 Å². The van der Waals surface area contributed by atoms with E-state index in [0.29, 0.717) is 0 Å². The number of rotatable bonds is 7. The van der Waals surface area contributed by atoms with Crippen molar-refractivity contribution in [2.24, 2.45) is 0 Å². The Balaban J connectivity index is 2.89. The van der Waals surface area contributed by atoms with Gasteiger partial charge in [-0.25, -0.2) is 9.97 Å². The summed E-state index contributed by atoms with van der Waals surface area (Å²) < 4.78 is 0. The first-order valence-corrected chi connectivity index (χ1v) is 6.19. The summed E-state index contributed by atoms with van der Waals surface area (Å²) in [7, 11) is 0. The Hall–Kier alpha value is -1.36. The summed E-state index contributed by atoms with van der Waals surface area (Å²) in [5.74, 6) is 2.59. The molecular formula is C12H22N4O. The molecule has 3 N–H and O–H groups in total. The summed E-state index contributed by atoms with van der Waals surface area (Å²) in [5, 5.41) is 15.2. The van der Waals surface area contributed by atoms with Crippen LogP contribution in [0.15, 0.2) is 0 Å². The van der Waals surface area contributed by atoms with Gasteiger partial charge in [-0.2, -0.15) is 0 Å². The first-order valence-electron chi connectivity index (χ1n) is 6.19. The van der Waals surface area contributed by atoms with Crippen LogP contribution in [-0.2, 0) is 6.42 Å². The molecule has 5 nitrogen and oxygen atoms in total. The van der Waals surface area contributed by atoms with Gasteiger partial charge >= 0.3 is 0 Å². The lowest BCUT2D eigenvalue weighted by atomic mass is 10.2. The van der Waals surface area contributed by atoms with Gasteiger partial charge in [-0.3, -0.25) is 0 Å². The van der Waals surface area contributed by atoms with Crippen molar-refractivity contribution in [2.45, 2.75) is 33.6 Å². The number of hydrogen-bond acceptors (Lipinski definition) is 5. The summed E-state index contributed by atoms with van der Waals surface area (Å²) in [6.07, 6.45) is 1.54. The molecule has 0 saturated heterocycles. The number of anilines is 2. The zero-order chi connectivity index (χ0) is 12.7. The minimum absolute atomic E-state index is 0.192. The van der Waals surface area contributed by atoms with E-state index in [1.54, 1.807) is 0 Å². The lowest BCUT2D eigenvalue weighted by molar-refractivity contribution is 0.292. The van der Waals surface area contributed by atoms with E-state index in [2.05, 4.69) is 20.6 Å². The minimum atomic E-state index is 0.192. The second kappa shape index (κ2) is 7.06. The Morgan fingerprint density at radius 3 is 2.29 bits per heavy atom. The lowest BCUT2D eigenvalue weighted by Crippen LogP contribution is -2.12. The van der Waals surface area contributed by atoms with Crippen molar-refractivity contribution < 1.29 is 5.11 Å². The predicted octanol–water partition coefficient (Wildman–Crippen LogP) is 1.57. The average Bonchev–Trinajstić information content (AvgIpc) is 2.34. The Kier molecular flexibility index (Phi) is 5.69. The zero-order valence-corrected chi connectivity index (χ0v) is 10.9. The lowest BCUT2D eigenvalue weighted by Gasteiger charge is -2.13. The van der Waals surface area contributed by atoms with E-state index in [1.807, 2.05) is 20.8 Å². The van der Waals surface area contributed by atoms with Crippen molar-refractivity contribution in [3.05, 3.63) is 11.4 Å². The fourth-order valence-electron chi connectivity index (χ4n) is 1.52. The van der Waals surface area contributed by atoms with Crippen LogP contribution in [0.25, 0.3) is 0 Å². The highest BCUT2D eigenvalue weighted by Gasteiger charge is 2.08. The molecule has 1 heterocycles. The molecule has 0 bridgehead atoms. The van der Waals surface area contributed by atoms with Crippen LogP contribution in [0.3, 0.4) is 0 Å². The maximum absolute atomic E-state index is 8.77. The van der Waals surface area contributed by atoms with Crippen molar-refractivity contribution >= 4 is 11.6 Å². The van der Waals surface area contributed by atoms with E-state index in [-0.39, 0.29) is 6.61 Å². The van der Waals surface area contributed by atoms with Gasteiger partial charge in [0.25, 0.3) is 0 Å². The van der Waals surface area contributed by atoms with Crippen LogP contribution in [0.2, 0.25) is 0 Å². The maximum atomic E-state index is 8.77. The van der Waals surface area contributed by atoms with Gasteiger partial charge in [0.1, 0.15) is 17.5 Å². The molecule has 0 amide bonds. The Morgan fingerprint density at radius 1 is 1.12 bits per heavy atom. The maximum Gasteiger partial charge on any atom is 0.134 e. The molecule has 0 fully saturated rings. The van der Waals surface area contributed by atoms with E-state index in [9.17, 15) is 0 Å². The van der Waals surface area contributed by atoms with Gasteiger partial charge in [-0.05, 0) is 20.3 Å². The number of nitrogens with zero attached hydrogens (tertiary/aromatic N) is 2. The van der Waals surface area contributed by atoms with Gasteiger partial charge in [0.15, 0.2) is 0 Å². The molecular weight excluding hydrogens is 216 g/mol. The smallest absolute Gasteiger partial charge is 0.134 e. The second-order valence-electron chi connectivity index (χ2n) is 3.85. The molecule has 0 atom stereocenters. The van der Waals surface area contributed by atoms with Crippen molar-refractivity contribution in [1.29, 1.82) is 0 Å². The standard InChI is InChI=1S/C12H22N4O/c1-4-10-15-11(13-5-2)9(3)12(16-10)14-7-6-8-17/h17H,4-8H2,1-3H3,(H2,13,14,15,16). The number of nitrogens with one attached hydrogen (secondary N) is 2. The summed E-state index contributed by atoms with van der Waals surface area (Å²) in [4.78, 5) is 8.92. The van der Waals surface area contributed by atoms with Crippen LogP contribution in [-0.4, -0.2) is 34.8 Å². The summed E-state index contributed by atoms with van der Waals surface area (Å²) in [6.45, 7) is 7.85. The molecule has 17 heavy (non-hydrogen) atoms. The van der Waals surface area contributed by atoms with Crippen LogP contribution in [0, 0.1) is 6.92 Å². The van der Waals surface area contributed by atoms with Crippen molar-refractivity contribution in [3.63, 3.8) is 0 Å². The van der Waals surface area contributed by atoms with Gasteiger partial charge in [-0.15, -0.1) is 0 Å². The van der Waals surface area contributed by atoms with E-state index in [0.717, 1.165) is 49.0 Å². The van der Waals surface area contributed by atoms with Crippen LogP contribution < -0.4 is 10.6 Å². The minimum Gasteiger partial charge on any atom is -0.396 e. The fraction of sp³-hybridized carbons (Fsp3) is 0.667. The molecule has 0 aliphatic carbocycles. The average molecular weight is 238 g/mol. The zero-order valence-electron chi connectivity index (χ0n) is 10.9. The van der Waals surface area contributed by atoms with E-state index in [4.69, 9.17) is 5.11 Å². The number of hydrogen-bond donors (Lipinski definition) is 3.